The number of aryl methyl sites for hydroxylation is 1. The minimum absolute atomic E-state index is 0.228. The van der Waals surface area contributed by atoms with E-state index in [1.54, 1.807) is 25.3 Å². The zero-order valence-corrected chi connectivity index (χ0v) is 12.2. The summed E-state index contributed by atoms with van der Waals surface area (Å²) < 4.78 is 28.3. The number of anilines is 1. The van der Waals surface area contributed by atoms with Crippen molar-refractivity contribution in [1.29, 1.82) is 0 Å². The number of aromatic nitrogens is 2. The van der Waals surface area contributed by atoms with Gasteiger partial charge in [0.25, 0.3) is 5.91 Å². The van der Waals surface area contributed by atoms with Crippen LogP contribution in [-0.2, 0) is 0 Å². The lowest BCUT2D eigenvalue weighted by Gasteiger charge is -2.07. The molecule has 1 N–H and O–H groups in total. The quantitative estimate of drug-likeness (QED) is 0.780. The van der Waals surface area contributed by atoms with Crippen LogP contribution in [0, 0.1) is 18.6 Å². The Morgan fingerprint density at radius 3 is 2.82 bits per heavy atom. The molecule has 7 heteroatoms. The van der Waals surface area contributed by atoms with E-state index in [1.165, 1.54) is 4.40 Å². The van der Waals surface area contributed by atoms with Crippen LogP contribution in [0.4, 0.5) is 14.5 Å². The largest absolute Gasteiger partial charge is 0.318 e. The second kappa shape index (κ2) is 5.38. The lowest BCUT2D eigenvalue weighted by atomic mass is 10.2. The highest BCUT2D eigenvalue weighted by atomic mass is 35.5. The summed E-state index contributed by atoms with van der Waals surface area (Å²) in [6.07, 6.45) is 1.59. The van der Waals surface area contributed by atoms with Gasteiger partial charge in [-0.2, -0.15) is 0 Å². The number of carbonyl (C=O) groups is 1. The third-order valence-electron chi connectivity index (χ3n) is 3.15. The highest BCUT2D eigenvalue weighted by Crippen LogP contribution is 2.20. The molecule has 0 aliphatic carbocycles. The highest BCUT2D eigenvalue weighted by Gasteiger charge is 2.18. The van der Waals surface area contributed by atoms with Crippen LogP contribution < -0.4 is 5.32 Å². The van der Waals surface area contributed by atoms with Gasteiger partial charge in [0.15, 0.2) is 0 Å². The SMILES string of the molecule is Cc1nc2cc(Cl)ccn2c1C(=O)Nc1cc(F)ccc1F. The van der Waals surface area contributed by atoms with Crippen molar-refractivity contribution in [2.75, 3.05) is 5.32 Å². The molecule has 3 rings (SSSR count). The molecule has 1 aromatic carbocycles. The fraction of sp³-hybridized carbons (Fsp3) is 0.0667. The molecular formula is C15H10ClF2N3O. The van der Waals surface area contributed by atoms with Crippen molar-refractivity contribution < 1.29 is 13.6 Å². The smallest absolute Gasteiger partial charge is 0.274 e. The van der Waals surface area contributed by atoms with Gasteiger partial charge >= 0.3 is 0 Å². The third-order valence-corrected chi connectivity index (χ3v) is 3.39. The number of carbonyl (C=O) groups excluding carboxylic acids is 1. The van der Waals surface area contributed by atoms with E-state index in [1.807, 2.05) is 0 Å². The van der Waals surface area contributed by atoms with E-state index in [9.17, 15) is 13.6 Å². The predicted molar refractivity (Wildman–Crippen MR) is 79.3 cm³/mol. The number of nitrogens with one attached hydrogen (secondary N) is 1. The Labute approximate surface area is 129 Å². The molecule has 0 spiro atoms. The molecule has 0 unspecified atom stereocenters. The second-order valence-electron chi connectivity index (χ2n) is 4.70. The average molecular weight is 322 g/mol. The van der Waals surface area contributed by atoms with Crippen LogP contribution in [0.2, 0.25) is 5.02 Å². The number of amides is 1. The van der Waals surface area contributed by atoms with Crippen molar-refractivity contribution in [1.82, 2.24) is 9.38 Å². The molecule has 22 heavy (non-hydrogen) atoms. The van der Waals surface area contributed by atoms with E-state index in [-0.39, 0.29) is 11.4 Å². The average Bonchev–Trinajstić information content (AvgIpc) is 2.77. The van der Waals surface area contributed by atoms with Gasteiger partial charge in [0.2, 0.25) is 0 Å². The maximum absolute atomic E-state index is 13.6. The lowest BCUT2D eigenvalue weighted by molar-refractivity contribution is 0.102. The first kappa shape index (κ1) is 14.5. The summed E-state index contributed by atoms with van der Waals surface area (Å²) in [5.41, 5.74) is 0.954. The zero-order valence-electron chi connectivity index (χ0n) is 11.4. The number of halogens is 3. The van der Waals surface area contributed by atoms with Crippen LogP contribution in [0.25, 0.3) is 5.65 Å². The molecule has 0 fully saturated rings. The molecule has 0 atom stereocenters. The van der Waals surface area contributed by atoms with Crippen molar-refractivity contribution in [3.8, 4) is 0 Å². The first-order valence-corrected chi connectivity index (χ1v) is 6.74. The van der Waals surface area contributed by atoms with Crippen LogP contribution in [0.15, 0.2) is 36.5 Å². The molecule has 0 saturated carbocycles. The van der Waals surface area contributed by atoms with E-state index in [0.29, 0.717) is 16.4 Å². The molecule has 2 aromatic heterocycles. The second-order valence-corrected chi connectivity index (χ2v) is 5.13. The predicted octanol–water partition coefficient (Wildman–Crippen LogP) is 3.83. The Morgan fingerprint density at radius 1 is 1.27 bits per heavy atom. The summed E-state index contributed by atoms with van der Waals surface area (Å²) in [6, 6.07) is 6.06. The Kier molecular flexibility index (Phi) is 3.54. The number of imidazole rings is 1. The van der Waals surface area contributed by atoms with Gasteiger partial charge in [-0.25, -0.2) is 13.8 Å². The molecule has 0 saturated heterocycles. The van der Waals surface area contributed by atoms with Crippen molar-refractivity contribution >= 4 is 28.8 Å². The molecule has 0 radical (unpaired) electrons. The fourth-order valence-electron chi connectivity index (χ4n) is 2.19. The Balaban J connectivity index is 2.02. The van der Waals surface area contributed by atoms with Gasteiger partial charge in [-0.15, -0.1) is 0 Å². The monoisotopic (exact) mass is 321 g/mol. The Morgan fingerprint density at radius 2 is 2.05 bits per heavy atom. The van der Waals surface area contributed by atoms with Gasteiger partial charge < -0.3 is 5.32 Å². The zero-order chi connectivity index (χ0) is 15.9. The van der Waals surface area contributed by atoms with Crippen LogP contribution in [0.5, 0.6) is 0 Å². The van der Waals surface area contributed by atoms with E-state index in [0.717, 1.165) is 18.2 Å². The molecule has 0 aliphatic heterocycles. The van der Waals surface area contributed by atoms with Gasteiger partial charge in [0.05, 0.1) is 11.4 Å². The van der Waals surface area contributed by atoms with Crippen LogP contribution in [0.1, 0.15) is 16.2 Å². The Hall–Kier alpha value is -2.47. The van der Waals surface area contributed by atoms with Gasteiger partial charge in [-0.1, -0.05) is 11.6 Å². The normalized spacial score (nSPS) is 10.9. The molecule has 1 amide bonds. The minimum Gasteiger partial charge on any atom is -0.318 e. The van der Waals surface area contributed by atoms with Gasteiger partial charge in [0.1, 0.15) is 23.0 Å². The first-order valence-electron chi connectivity index (χ1n) is 6.36. The summed E-state index contributed by atoms with van der Waals surface area (Å²) in [5.74, 6) is -1.94. The number of hydrogen-bond donors (Lipinski definition) is 1. The van der Waals surface area contributed by atoms with Crippen LogP contribution in [-0.4, -0.2) is 15.3 Å². The number of rotatable bonds is 2. The number of nitrogens with zero attached hydrogens (tertiary/aromatic N) is 2. The highest BCUT2D eigenvalue weighted by molar-refractivity contribution is 6.30. The number of pyridine rings is 1. The molecule has 0 aliphatic rings. The van der Waals surface area contributed by atoms with Crippen molar-refractivity contribution in [3.05, 3.63) is 64.6 Å². The topological polar surface area (TPSA) is 46.4 Å². The lowest BCUT2D eigenvalue weighted by Crippen LogP contribution is -2.16. The molecule has 112 valence electrons. The standard InChI is InChI=1S/C15H10ClF2N3O/c1-8-14(21-5-4-9(16)6-13(21)19-8)15(22)20-12-7-10(17)2-3-11(12)18/h2-7H,1H3,(H,20,22). The molecule has 0 bridgehead atoms. The van der Waals surface area contributed by atoms with Crippen molar-refractivity contribution in [2.45, 2.75) is 6.92 Å². The molecule has 2 heterocycles. The van der Waals surface area contributed by atoms with Crippen LogP contribution >= 0.6 is 11.6 Å². The molecule has 3 aromatic rings. The van der Waals surface area contributed by atoms with E-state index in [4.69, 9.17) is 11.6 Å². The number of benzene rings is 1. The fourth-order valence-corrected chi connectivity index (χ4v) is 2.34. The van der Waals surface area contributed by atoms with Crippen LogP contribution in [0.3, 0.4) is 0 Å². The van der Waals surface area contributed by atoms with E-state index in [2.05, 4.69) is 10.3 Å². The number of hydrogen-bond acceptors (Lipinski definition) is 2. The number of fused-ring (bicyclic) bond motifs is 1. The van der Waals surface area contributed by atoms with Crippen molar-refractivity contribution in [3.63, 3.8) is 0 Å². The summed E-state index contributed by atoms with van der Waals surface area (Å²) in [5, 5.41) is 2.84. The van der Waals surface area contributed by atoms with E-state index >= 15 is 0 Å². The van der Waals surface area contributed by atoms with Gasteiger partial charge in [-0.05, 0) is 25.1 Å². The maximum Gasteiger partial charge on any atom is 0.274 e. The van der Waals surface area contributed by atoms with E-state index < -0.39 is 17.5 Å². The van der Waals surface area contributed by atoms with Gasteiger partial charge in [-0.3, -0.25) is 9.20 Å². The maximum atomic E-state index is 13.6. The molecular weight excluding hydrogens is 312 g/mol. The third kappa shape index (κ3) is 2.53. The summed E-state index contributed by atoms with van der Waals surface area (Å²) >= 11 is 5.88. The minimum atomic E-state index is -0.718. The Bertz CT molecular complexity index is 892. The first-order chi connectivity index (χ1) is 10.5. The van der Waals surface area contributed by atoms with Crippen molar-refractivity contribution in [2.24, 2.45) is 0 Å². The summed E-state index contributed by atoms with van der Waals surface area (Å²) in [6.45, 7) is 1.65. The summed E-state index contributed by atoms with van der Waals surface area (Å²) in [4.78, 5) is 16.6. The van der Waals surface area contributed by atoms with Gasteiger partial charge in [0, 0.05) is 23.4 Å². The summed E-state index contributed by atoms with van der Waals surface area (Å²) in [7, 11) is 0. The molecule has 4 nitrogen and oxygen atoms in total.